The number of nitrogens with two attached hydrogens (primary N) is 2. The smallest absolute Gasteiger partial charge is 0.255 e. The van der Waals surface area contributed by atoms with Crippen LogP contribution in [0.25, 0.3) is 0 Å². The molecule has 0 saturated heterocycles. The molecule has 0 aromatic carbocycles. The monoisotopic (exact) mass is 230 g/mol. The van der Waals surface area contributed by atoms with Crippen LogP contribution >= 0.6 is 0 Å². The molecule has 0 saturated carbocycles. The maximum absolute atomic E-state index is 11.4. The van der Waals surface area contributed by atoms with E-state index < -0.39 is 23.9 Å². The van der Waals surface area contributed by atoms with Gasteiger partial charge in [-0.1, -0.05) is 27.7 Å². The molecule has 0 spiro atoms. The molecule has 6 nitrogen and oxygen atoms in total. The molecule has 0 aromatic rings. The Labute approximate surface area is 96.1 Å². The molecule has 0 radical (unpaired) electrons. The van der Waals surface area contributed by atoms with Crippen molar-refractivity contribution in [1.29, 1.82) is 0 Å². The van der Waals surface area contributed by atoms with Crippen molar-refractivity contribution in [2.24, 2.45) is 23.3 Å². The molecule has 6 N–H and O–H groups in total. The highest BCUT2D eigenvalue weighted by Crippen LogP contribution is 1.98. The first-order chi connectivity index (χ1) is 7.27. The van der Waals surface area contributed by atoms with Crippen molar-refractivity contribution in [3.05, 3.63) is 0 Å². The number of amides is 2. The zero-order valence-electron chi connectivity index (χ0n) is 10.3. The molecule has 2 unspecified atom stereocenters. The van der Waals surface area contributed by atoms with Gasteiger partial charge < -0.3 is 11.5 Å². The molecule has 0 rings (SSSR count). The van der Waals surface area contributed by atoms with Gasteiger partial charge in [-0.15, -0.1) is 0 Å². The first-order valence-corrected chi connectivity index (χ1v) is 5.38. The van der Waals surface area contributed by atoms with Crippen LogP contribution in [0.1, 0.15) is 27.7 Å². The van der Waals surface area contributed by atoms with Gasteiger partial charge in [0, 0.05) is 0 Å². The molecule has 0 aliphatic heterocycles. The second kappa shape index (κ2) is 6.44. The van der Waals surface area contributed by atoms with Crippen LogP contribution in [-0.2, 0) is 9.59 Å². The van der Waals surface area contributed by atoms with E-state index >= 15 is 0 Å². The van der Waals surface area contributed by atoms with Crippen molar-refractivity contribution in [2.75, 3.05) is 0 Å². The lowest BCUT2D eigenvalue weighted by Gasteiger charge is -2.18. The summed E-state index contributed by atoms with van der Waals surface area (Å²) in [6.07, 6.45) is 0. The molecule has 0 aliphatic rings. The molecular formula is C10H22N4O2. The van der Waals surface area contributed by atoms with Gasteiger partial charge in [0.2, 0.25) is 0 Å². The van der Waals surface area contributed by atoms with Crippen LogP contribution in [0.15, 0.2) is 0 Å². The molecule has 6 heteroatoms. The Morgan fingerprint density at radius 2 is 1.06 bits per heavy atom. The summed E-state index contributed by atoms with van der Waals surface area (Å²) < 4.78 is 0. The summed E-state index contributed by atoms with van der Waals surface area (Å²) in [6, 6.07) is -1.29. The van der Waals surface area contributed by atoms with E-state index in [9.17, 15) is 9.59 Å². The second-order valence-electron chi connectivity index (χ2n) is 4.52. The van der Waals surface area contributed by atoms with Crippen molar-refractivity contribution >= 4 is 11.8 Å². The van der Waals surface area contributed by atoms with Gasteiger partial charge in [0.05, 0.1) is 12.1 Å². The zero-order valence-corrected chi connectivity index (χ0v) is 10.3. The van der Waals surface area contributed by atoms with E-state index in [1.165, 1.54) is 0 Å². The largest absolute Gasteiger partial charge is 0.320 e. The van der Waals surface area contributed by atoms with Crippen molar-refractivity contribution in [3.63, 3.8) is 0 Å². The minimum Gasteiger partial charge on any atom is -0.320 e. The number of carbonyl (C=O) groups is 2. The second-order valence-corrected chi connectivity index (χ2v) is 4.52. The highest BCUT2D eigenvalue weighted by molar-refractivity contribution is 5.87. The Kier molecular flexibility index (Phi) is 5.98. The summed E-state index contributed by atoms with van der Waals surface area (Å²) >= 11 is 0. The Balaban J connectivity index is 4.07. The van der Waals surface area contributed by atoms with Crippen LogP contribution in [0.5, 0.6) is 0 Å². The Hall–Kier alpha value is -1.14. The predicted molar refractivity (Wildman–Crippen MR) is 61.9 cm³/mol. The van der Waals surface area contributed by atoms with E-state index in [4.69, 9.17) is 11.5 Å². The first kappa shape index (κ1) is 14.9. The van der Waals surface area contributed by atoms with E-state index in [1.807, 2.05) is 27.7 Å². The summed E-state index contributed by atoms with van der Waals surface area (Å²) in [7, 11) is 0. The average molecular weight is 230 g/mol. The third-order valence-electron chi connectivity index (χ3n) is 2.35. The van der Waals surface area contributed by atoms with Gasteiger partial charge in [-0.3, -0.25) is 20.4 Å². The maximum atomic E-state index is 11.4. The minimum atomic E-state index is -0.643. The fourth-order valence-electron chi connectivity index (χ4n) is 0.895. The Bertz CT molecular complexity index is 227. The van der Waals surface area contributed by atoms with Crippen molar-refractivity contribution in [2.45, 2.75) is 39.8 Å². The van der Waals surface area contributed by atoms with Crippen molar-refractivity contribution in [3.8, 4) is 0 Å². The van der Waals surface area contributed by atoms with Crippen molar-refractivity contribution in [1.82, 2.24) is 10.9 Å². The number of nitrogens with one attached hydrogen (secondary N) is 2. The molecule has 0 aromatic heterocycles. The predicted octanol–water partition coefficient (Wildman–Crippen LogP) is -0.900. The standard InChI is InChI=1S/C10H22N4O2/c1-5(2)7(11)9(15)13-14-10(16)8(12)6(3)4/h5-8H,11-12H2,1-4H3,(H,13,15)(H,14,16). The average Bonchev–Trinajstić information content (AvgIpc) is 2.22. The SMILES string of the molecule is CC(C)C(N)C(=O)NNC(=O)C(N)C(C)C. The Morgan fingerprint density at radius 3 is 1.25 bits per heavy atom. The summed E-state index contributed by atoms with van der Waals surface area (Å²) in [5.41, 5.74) is 15.7. The van der Waals surface area contributed by atoms with Gasteiger partial charge >= 0.3 is 0 Å². The zero-order chi connectivity index (χ0) is 12.9. The van der Waals surface area contributed by atoms with Crippen LogP contribution in [0, 0.1) is 11.8 Å². The summed E-state index contributed by atoms with van der Waals surface area (Å²) in [4.78, 5) is 22.8. The minimum absolute atomic E-state index is 0.00988. The van der Waals surface area contributed by atoms with Gasteiger partial charge in [-0.05, 0) is 11.8 Å². The van der Waals surface area contributed by atoms with E-state index in [0.29, 0.717) is 0 Å². The lowest BCUT2D eigenvalue weighted by atomic mass is 10.0. The van der Waals surface area contributed by atoms with E-state index in [-0.39, 0.29) is 11.8 Å². The van der Waals surface area contributed by atoms with Crippen molar-refractivity contribution < 1.29 is 9.59 Å². The highest BCUT2D eigenvalue weighted by atomic mass is 16.2. The molecular weight excluding hydrogens is 208 g/mol. The van der Waals surface area contributed by atoms with Crippen LogP contribution < -0.4 is 22.3 Å². The number of hydrogen-bond donors (Lipinski definition) is 4. The molecule has 2 amide bonds. The van der Waals surface area contributed by atoms with E-state index in [0.717, 1.165) is 0 Å². The molecule has 0 bridgehead atoms. The van der Waals surface area contributed by atoms with Gasteiger partial charge in [0.15, 0.2) is 0 Å². The van der Waals surface area contributed by atoms with Crippen LogP contribution in [0.3, 0.4) is 0 Å². The van der Waals surface area contributed by atoms with Gasteiger partial charge in [-0.2, -0.15) is 0 Å². The molecule has 0 fully saturated rings. The topological polar surface area (TPSA) is 110 Å². The van der Waals surface area contributed by atoms with Crippen LogP contribution in [0.2, 0.25) is 0 Å². The third kappa shape index (κ3) is 4.59. The first-order valence-electron chi connectivity index (χ1n) is 5.38. The van der Waals surface area contributed by atoms with E-state index in [1.54, 1.807) is 0 Å². The third-order valence-corrected chi connectivity index (χ3v) is 2.35. The summed E-state index contributed by atoms with van der Waals surface area (Å²) in [6.45, 7) is 7.30. The van der Waals surface area contributed by atoms with Crippen LogP contribution in [-0.4, -0.2) is 23.9 Å². The molecule has 94 valence electrons. The Morgan fingerprint density at radius 1 is 0.812 bits per heavy atom. The maximum Gasteiger partial charge on any atom is 0.255 e. The van der Waals surface area contributed by atoms with Gasteiger partial charge in [0.25, 0.3) is 11.8 Å². The lowest BCUT2D eigenvalue weighted by Crippen LogP contribution is -2.55. The fourth-order valence-corrected chi connectivity index (χ4v) is 0.895. The molecule has 2 atom stereocenters. The number of rotatable bonds is 4. The fraction of sp³-hybridized carbons (Fsp3) is 0.800. The number of hydrogen-bond acceptors (Lipinski definition) is 4. The summed E-state index contributed by atoms with van der Waals surface area (Å²) in [5.74, 6) is -0.815. The highest BCUT2D eigenvalue weighted by Gasteiger charge is 2.20. The van der Waals surface area contributed by atoms with Gasteiger partial charge in [0.1, 0.15) is 0 Å². The lowest BCUT2D eigenvalue weighted by molar-refractivity contribution is -0.131. The normalized spacial score (nSPS) is 14.8. The van der Waals surface area contributed by atoms with Gasteiger partial charge in [-0.25, -0.2) is 0 Å². The molecule has 0 aliphatic carbocycles. The number of carbonyl (C=O) groups excluding carboxylic acids is 2. The molecule has 0 heterocycles. The summed E-state index contributed by atoms with van der Waals surface area (Å²) in [5, 5.41) is 0. The van der Waals surface area contributed by atoms with E-state index in [2.05, 4.69) is 10.9 Å². The molecule has 16 heavy (non-hydrogen) atoms. The van der Waals surface area contributed by atoms with Crippen LogP contribution in [0.4, 0.5) is 0 Å². The number of hydrazine groups is 1. The quantitative estimate of drug-likeness (QED) is 0.469.